The summed E-state index contributed by atoms with van der Waals surface area (Å²) < 4.78 is 1.83. The van der Waals surface area contributed by atoms with Crippen LogP contribution in [-0.2, 0) is 11.3 Å². The maximum absolute atomic E-state index is 12.0. The molecule has 0 aliphatic carbocycles. The molecule has 0 unspecified atom stereocenters. The second kappa shape index (κ2) is 5.68. The molecule has 1 aromatic rings. The molecule has 1 aromatic heterocycles. The Morgan fingerprint density at radius 3 is 2.44 bits per heavy atom. The van der Waals surface area contributed by atoms with Crippen LogP contribution in [0.25, 0.3) is 0 Å². The van der Waals surface area contributed by atoms with E-state index in [1.54, 1.807) is 12.5 Å². The van der Waals surface area contributed by atoms with Crippen LogP contribution in [0.3, 0.4) is 0 Å². The molecule has 0 bridgehead atoms. The van der Waals surface area contributed by atoms with Crippen LogP contribution in [0.15, 0.2) is 18.7 Å². The molecule has 0 radical (unpaired) electrons. The molecule has 0 spiro atoms. The molecule has 0 atom stereocenters. The number of carbonyl (C=O) groups is 1. The number of imidazole rings is 1. The van der Waals surface area contributed by atoms with E-state index in [2.05, 4.69) is 4.98 Å². The molecule has 1 amide bonds. The number of amides is 1. The Morgan fingerprint density at radius 2 is 1.81 bits per heavy atom. The fourth-order valence-corrected chi connectivity index (χ4v) is 2.13. The lowest BCUT2D eigenvalue weighted by Gasteiger charge is -2.24. The topological polar surface area (TPSA) is 38.1 Å². The number of hydrogen-bond donors (Lipinski definition) is 0. The summed E-state index contributed by atoms with van der Waals surface area (Å²) in [5.41, 5.74) is 0. The minimum absolute atomic E-state index is 0.222. The van der Waals surface area contributed by atoms with Crippen LogP contribution in [-0.4, -0.2) is 33.4 Å². The van der Waals surface area contributed by atoms with Gasteiger partial charge in [-0.2, -0.15) is 0 Å². The standard InChI is InChI=1S/C12H19N3O/c16-12(10-14-9-6-13-11-14)15-7-4-2-1-3-5-8-15/h6,9,11H,1-5,7-8,10H2. The highest BCUT2D eigenvalue weighted by atomic mass is 16.2. The van der Waals surface area contributed by atoms with Crippen molar-refractivity contribution in [3.63, 3.8) is 0 Å². The molecule has 2 rings (SSSR count). The molecule has 1 fully saturated rings. The van der Waals surface area contributed by atoms with Crippen molar-refractivity contribution in [3.8, 4) is 0 Å². The SMILES string of the molecule is O=C(Cn1ccnc1)N1CCCCCCC1. The van der Waals surface area contributed by atoms with E-state index in [4.69, 9.17) is 0 Å². The Kier molecular flexibility index (Phi) is 3.97. The molecule has 88 valence electrons. The molecule has 4 nitrogen and oxygen atoms in total. The van der Waals surface area contributed by atoms with Gasteiger partial charge >= 0.3 is 0 Å². The molecule has 1 aliphatic rings. The van der Waals surface area contributed by atoms with Gasteiger partial charge in [-0.05, 0) is 12.8 Å². The predicted octanol–water partition coefficient (Wildman–Crippen LogP) is 1.68. The predicted molar refractivity (Wildman–Crippen MR) is 61.9 cm³/mol. The summed E-state index contributed by atoms with van der Waals surface area (Å²) in [6.45, 7) is 2.28. The summed E-state index contributed by atoms with van der Waals surface area (Å²) in [5.74, 6) is 0.222. The third-order valence-corrected chi connectivity index (χ3v) is 3.09. The third-order valence-electron chi connectivity index (χ3n) is 3.09. The van der Waals surface area contributed by atoms with Crippen molar-refractivity contribution < 1.29 is 4.79 Å². The van der Waals surface area contributed by atoms with Gasteiger partial charge in [0, 0.05) is 25.5 Å². The summed E-state index contributed by atoms with van der Waals surface area (Å²) >= 11 is 0. The Morgan fingerprint density at radius 1 is 1.12 bits per heavy atom. The van der Waals surface area contributed by atoms with E-state index in [-0.39, 0.29) is 5.91 Å². The zero-order valence-corrected chi connectivity index (χ0v) is 9.64. The van der Waals surface area contributed by atoms with Gasteiger partial charge in [0.25, 0.3) is 0 Å². The van der Waals surface area contributed by atoms with Gasteiger partial charge in [-0.25, -0.2) is 4.98 Å². The summed E-state index contributed by atoms with van der Waals surface area (Å²) in [6.07, 6.45) is 11.4. The number of nitrogens with zero attached hydrogens (tertiary/aromatic N) is 3. The average Bonchev–Trinajstić information content (AvgIpc) is 2.69. The van der Waals surface area contributed by atoms with Crippen molar-refractivity contribution in [2.45, 2.75) is 38.6 Å². The average molecular weight is 221 g/mol. The van der Waals surface area contributed by atoms with Gasteiger partial charge in [0.05, 0.1) is 6.33 Å². The maximum atomic E-state index is 12.0. The molecule has 0 saturated carbocycles. The number of hydrogen-bond acceptors (Lipinski definition) is 2. The highest BCUT2D eigenvalue weighted by Gasteiger charge is 2.14. The number of carbonyl (C=O) groups excluding carboxylic acids is 1. The van der Waals surface area contributed by atoms with Gasteiger partial charge in [0.15, 0.2) is 0 Å². The maximum Gasteiger partial charge on any atom is 0.242 e. The van der Waals surface area contributed by atoms with Crippen molar-refractivity contribution in [2.24, 2.45) is 0 Å². The molecule has 1 saturated heterocycles. The molecule has 1 aliphatic heterocycles. The van der Waals surface area contributed by atoms with E-state index in [0.29, 0.717) is 6.54 Å². The minimum atomic E-state index is 0.222. The fourth-order valence-electron chi connectivity index (χ4n) is 2.13. The van der Waals surface area contributed by atoms with Crippen molar-refractivity contribution in [3.05, 3.63) is 18.7 Å². The lowest BCUT2D eigenvalue weighted by molar-refractivity contribution is -0.132. The second-order valence-corrected chi connectivity index (χ2v) is 4.38. The van der Waals surface area contributed by atoms with Gasteiger partial charge in [-0.1, -0.05) is 19.3 Å². The van der Waals surface area contributed by atoms with E-state index in [1.165, 1.54) is 19.3 Å². The molecular weight excluding hydrogens is 202 g/mol. The van der Waals surface area contributed by atoms with E-state index in [0.717, 1.165) is 25.9 Å². The Balaban J connectivity index is 1.87. The van der Waals surface area contributed by atoms with E-state index < -0.39 is 0 Å². The summed E-state index contributed by atoms with van der Waals surface area (Å²) in [6, 6.07) is 0. The summed E-state index contributed by atoms with van der Waals surface area (Å²) in [4.78, 5) is 18.0. The Bertz CT molecular complexity index is 313. The highest BCUT2D eigenvalue weighted by Crippen LogP contribution is 2.10. The zero-order valence-electron chi connectivity index (χ0n) is 9.64. The minimum Gasteiger partial charge on any atom is -0.341 e. The van der Waals surface area contributed by atoms with Crippen LogP contribution >= 0.6 is 0 Å². The monoisotopic (exact) mass is 221 g/mol. The number of rotatable bonds is 2. The normalized spacial score (nSPS) is 17.9. The van der Waals surface area contributed by atoms with Gasteiger partial charge in [-0.3, -0.25) is 4.79 Å². The first-order valence-corrected chi connectivity index (χ1v) is 6.10. The van der Waals surface area contributed by atoms with Crippen LogP contribution < -0.4 is 0 Å². The molecule has 16 heavy (non-hydrogen) atoms. The quantitative estimate of drug-likeness (QED) is 0.762. The molecule has 4 heteroatoms. The fraction of sp³-hybridized carbons (Fsp3) is 0.667. The largest absolute Gasteiger partial charge is 0.341 e. The van der Waals surface area contributed by atoms with Crippen LogP contribution in [0, 0.1) is 0 Å². The molecule has 0 N–H and O–H groups in total. The summed E-state index contributed by atoms with van der Waals surface area (Å²) in [5, 5.41) is 0. The molecular formula is C12H19N3O. The first kappa shape index (κ1) is 11.2. The second-order valence-electron chi connectivity index (χ2n) is 4.38. The smallest absolute Gasteiger partial charge is 0.242 e. The lowest BCUT2D eigenvalue weighted by atomic mass is 10.1. The number of aromatic nitrogens is 2. The van der Waals surface area contributed by atoms with Crippen LogP contribution in [0.2, 0.25) is 0 Å². The Labute approximate surface area is 96.3 Å². The first-order chi connectivity index (χ1) is 7.86. The summed E-state index contributed by atoms with van der Waals surface area (Å²) in [7, 11) is 0. The van der Waals surface area contributed by atoms with Crippen molar-refractivity contribution in [1.29, 1.82) is 0 Å². The van der Waals surface area contributed by atoms with Crippen LogP contribution in [0.5, 0.6) is 0 Å². The zero-order chi connectivity index (χ0) is 11.2. The molecule has 0 aromatic carbocycles. The van der Waals surface area contributed by atoms with Crippen molar-refractivity contribution in [1.82, 2.24) is 14.5 Å². The van der Waals surface area contributed by atoms with E-state index in [9.17, 15) is 4.79 Å². The first-order valence-electron chi connectivity index (χ1n) is 6.10. The highest BCUT2D eigenvalue weighted by molar-refractivity contribution is 5.75. The van der Waals surface area contributed by atoms with Crippen molar-refractivity contribution in [2.75, 3.05) is 13.1 Å². The number of likely N-dealkylation sites (tertiary alicyclic amines) is 1. The van der Waals surface area contributed by atoms with Gasteiger partial charge in [-0.15, -0.1) is 0 Å². The Hall–Kier alpha value is -1.32. The van der Waals surface area contributed by atoms with Gasteiger partial charge < -0.3 is 9.47 Å². The lowest BCUT2D eigenvalue weighted by Crippen LogP contribution is -2.36. The van der Waals surface area contributed by atoms with E-state index in [1.807, 2.05) is 15.7 Å². The van der Waals surface area contributed by atoms with E-state index >= 15 is 0 Å². The van der Waals surface area contributed by atoms with Crippen molar-refractivity contribution >= 4 is 5.91 Å². The van der Waals surface area contributed by atoms with Gasteiger partial charge in [0.2, 0.25) is 5.91 Å². The van der Waals surface area contributed by atoms with Gasteiger partial charge in [0.1, 0.15) is 6.54 Å². The third kappa shape index (κ3) is 3.08. The van der Waals surface area contributed by atoms with Crippen LogP contribution in [0.4, 0.5) is 0 Å². The molecule has 2 heterocycles. The van der Waals surface area contributed by atoms with Crippen LogP contribution in [0.1, 0.15) is 32.1 Å².